The Bertz CT molecular complexity index is 3870. The Morgan fingerprint density at radius 1 is 0.414 bits per heavy atom. The van der Waals surface area contributed by atoms with Gasteiger partial charge < -0.3 is 161 Å². The standard InChI is InChI=1S/C65H98N16O34S/c66-65-80-55-48(62(111)81-65)72-28(18-71-55)17-67-27-3-1-26(2-4-27)56(105)78-34(63(112)113)8-14-45(94)73-29(5-11-42(91)68-19-36(85)49(99)52(102)39(88)22-82)57(106)76-32(9-15-46(95)96)59(108)74-30(6-12-43(92)69-20-37(86)50(100)53(103)40(89)23-83)58(107)77-33(10-16-47(97)98)60(109)75-31(61(110)79-35(25-116)64(114)115)7-13-44(93)70-21-38(87)51(101)54(104)41(90)24-84/h1-4,18,29-41,49-54,67,82-90,99-104,116H,5-17,19-25H2,(H,68,91)(H,69,92)(H,70,93)(H,73,94)(H,74,108)(H,75,109)(H,76,106)(H,77,107)(H,78,105)(H,79,110)(H,95,96)(H,97,98)(H,112,113)(H,114,115)(H3,66,71,80,81,111)/t29-,30-,31-,32+,33+,34-,35+,36-,37-,38-,39?,40+,41?,49+,50+,51+,52+,53+,54+/m0/s1. The Morgan fingerprint density at radius 3 is 1.09 bits per heavy atom. The number of hydrogen-bond acceptors (Lipinski definition) is 36. The second-order valence-corrected chi connectivity index (χ2v) is 26.4. The van der Waals surface area contributed by atoms with Gasteiger partial charge in [0.25, 0.3) is 11.5 Å². The number of hydrogen-bond donors (Lipinski definition) is 33. The van der Waals surface area contributed by atoms with E-state index < -0.39 is 326 Å². The van der Waals surface area contributed by atoms with Crippen LogP contribution in [0.1, 0.15) is 93.1 Å². The number of aliphatic hydroxyl groups excluding tert-OH is 15. The Hall–Kier alpha value is -10.6. The van der Waals surface area contributed by atoms with E-state index in [-0.39, 0.29) is 34.9 Å². The van der Waals surface area contributed by atoms with Gasteiger partial charge >= 0.3 is 23.9 Å². The fraction of sp³-hybridized carbons (Fsp3) is 0.600. The maximum Gasteiger partial charge on any atom is 0.327 e. The molecule has 0 aliphatic rings. The molecule has 2 heterocycles. The monoisotopic (exact) mass is 1680 g/mol. The normalized spacial score (nSPS) is 16.3. The average molecular weight is 1680 g/mol. The second-order valence-electron chi connectivity index (χ2n) is 26.1. The van der Waals surface area contributed by atoms with Crippen LogP contribution < -0.4 is 69.8 Å². The molecular weight excluding hydrogens is 1580 g/mol. The summed E-state index contributed by atoms with van der Waals surface area (Å²) in [7, 11) is 0. The number of H-pyrrole nitrogens is 1. The number of carbonyl (C=O) groups excluding carboxylic acids is 10. The number of carboxylic acid groups (broad SMARTS) is 4. The molecule has 3 aromatic rings. The minimum absolute atomic E-state index is 0.00179. The number of amides is 10. The molecule has 0 radical (unpaired) electrons. The molecule has 0 aliphatic carbocycles. The zero-order chi connectivity index (χ0) is 87.4. The van der Waals surface area contributed by atoms with Crippen molar-refractivity contribution in [3.63, 3.8) is 0 Å². The van der Waals surface area contributed by atoms with Crippen LogP contribution >= 0.6 is 12.6 Å². The van der Waals surface area contributed by atoms with Crippen LogP contribution in [-0.2, 0) is 68.9 Å². The number of fused-ring (bicyclic) bond motifs is 1. The highest BCUT2D eigenvalue weighted by atomic mass is 32.1. The van der Waals surface area contributed by atoms with Crippen molar-refractivity contribution >= 4 is 118 Å². The van der Waals surface area contributed by atoms with Crippen LogP contribution in [0, 0.1) is 0 Å². The number of aromatic amines is 1. The number of carbonyl (C=O) groups is 14. The van der Waals surface area contributed by atoms with E-state index in [0.29, 0.717) is 5.69 Å². The summed E-state index contributed by atoms with van der Waals surface area (Å²) >= 11 is 3.87. The Labute approximate surface area is 660 Å². The van der Waals surface area contributed by atoms with E-state index in [4.69, 9.17) is 10.8 Å². The lowest BCUT2D eigenvalue weighted by Gasteiger charge is -2.28. The Kier molecular flexibility index (Phi) is 42.9. The highest BCUT2D eigenvalue weighted by Crippen LogP contribution is 2.16. The van der Waals surface area contributed by atoms with Gasteiger partial charge in [-0.2, -0.15) is 17.6 Å². The topological polar surface area (TPSA) is 853 Å². The number of carboxylic acids is 4. The molecule has 50 nitrogen and oxygen atoms in total. The first-order valence-electron chi connectivity index (χ1n) is 35.3. The molecule has 0 aliphatic heterocycles. The van der Waals surface area contributed by atoms with Crippen molar-refractivity contribution < 1.29 is 164 Å². The number of thiol groups is 1. The van der Waals surface area contributed by atoms with E-state index in [9.17, 15) is 164 Å². The third-order valence-electron chi connectivity index (χ3n) is 17.1. The molecule has 0 fully saturated rings. The predicted octanol–water partition coefficient (Wildman–Crippen LogP) is -14.5. The smallest absolute Gasteiger partial charge is 0.327 e. The van der Waals surface area contributed by atoms with Gasteiger partial charge in [0, 0.05) is 75.2 Å². The average Bonchev–Trinajstić information content (AvgIpc) is 0.810. The number of nitrogens with one attached hydrogen (secondary N) is 12. The zero-order valence-corrected chi connectivity index (χ0v) is 62.4. The quantitative estimate of drug-likeness (QED) is 0.0233. The van der Waals surface area contributed by atoms with Gasteiger partial charge in [0.1, 0.15) is 97.2 Å². The van der Waals surface area contributed by atoms with Gasteiger partial charge in [-0.1, -0.05) is 0 Å². The lowest BCUT2D eigenvalue weighted by Crippen LogP contribution is -2.59. The van der Waals surface area contributed by atoms with Gasteiger partial charge in [0.05, 0.1) is 56.6 Å². The van der Waals surface area contributed by atoms with Gasteiger partial charge in [0.2, 0.25) is 59.1 Å². The molecular formula is C65H98N16O34S. The van der Waals surface area contributed by atoms with Crippen LogP contribution in [0.25, 0.3) is 11.2 Å². The Balaban J connectivity index is 2.05. The molecule has 2 aromatic heterocycles. The number of nitrogen functional groups attached to an aromatic ring is 1. The van der Waals surface area contributed by atoms with Crippen molar-refractivity contribution in [2.24, 2.45) is 0 Å². The third kappa shape index (κ3) is 34.0. The zero-order valence-electron chi connectivity index (χ0n) is 61.5. The van der Waals surface area contributed by atoms with Crippen molar-refractivity contribution in [3.8, 4) is 0 Å². The van der Waals surface area contributed by atoms with Gasteiger partial charge in [-0.05, 0) is 62.8 Å². The molecule has 2 unspecified atom stereocenters. The summed E-state index contributed by atoms with van der Waals surface area (Å²) in [6, 6.07) is -9.01. The van der Waals surface area contributed by atoms with Crippen molar-refractivity contribution in [1.29, 1.82) is 0 Å². The molecule has 0 bridgehead atoms. The molecule has 3 rings (SSSR count). The maximum atomic E-state index is 14.6. The summed E-state index contributed by atoms with van der Waals surface area (Å²) < 4.78 is 0. The molecule has 19 atom stereocenters. The van der Waals surface area contributed by atoms with Gasteiger partial charge in [-0.15, -0.1) is 0 Å². The van der Waals surface area contributed by atoms with E-state index in [1.807, 2.05) is 5.32 Å². The summed E-state index contributed by atoms with van der Waals surface area (Å²) in [6.07, 6.45) is -34.8. The fourth-order valence-corrected chi connectivity index (χ4v) is 10.5. The first-order chi connectivity index (χ1) is 54.5. The number of nitrogens with two attached hydrogens (primary N) is 1. The van der Waals surface area contributed by atoms with Crippen molar-refractivity contribution in [2.45, 2.75) is 199 Å². The maximum absolute atomic E-state index is 14.6. The molecule has 0 spiro atoms. The first-order valence-corrected chi connectivity index (χ1v) is 36.0. The largest absolute Gasteiger partial charge is 0.481 e. The minimum Gasteiger partial charge on any atom is -0.481 e. The van der Waals surface area contributed by atoms with Crippen LogP contribution in [0.4, 0.5) is 11.6 Å². The molecule has 51 heteroatoms. The number of anilines is 2. The molecule has 1 aromatic carbocycles. The lowest BCUT2D eigenvalue weighted by atomic mass is 10.0. The van der Waals surface area contributed by atoms with E-state index in [2.05, 4.69) is 85.7 Å². The van der Waals surface area contributed by atoms with Crippen molar-refractivity contribution in [3.05, 3.63) is 52.1 Å². The van der Waals surface area contributed by atoms with Crippen LogP contribution in [0.5, 0.6) is 0 Å². The number of aromatic nitrogens is 4. The third-order valence-corrected chi connectivity index (χ3v) is 17.5. The molecule has 648 valence electrons. The van der Waals surface area contributed by atoms with E-state index in [1.54, 1.807) is 0 Å². The predicted molar refractivity (Wildman–Crippen MR) is 391 cm³/mol. The molecule has 10 amide bonds. The second kappa shape index (κ2) is 50.0. The number of aliphatic hydroxyl groups is 15. The molecule has 33 N–H and O–H groups in total. The summed E-state index contributed by atoms with van der Waals surface area (Å²) in [5.74, 6) is -20.5. The summed E-state index contributed by atoms with van der Waals surface area (Å²) in [5.41, 5.74) is 5.35. The highest BCUT2D eigenvalue weighted by molar-refractivity contribution is 7.80. The van der Waals surface area contributed by atoms with E-state index >= 15 is 0 Å². The van der Waals surface area contributed by atoms with Crippen LogP contribution in [0.15, 0.2) is 35.3 Å². The van der Waals surface area contributed by atoms with Gasteiger partial charge in [0.15, 0.2) is 11.2 Å². The van der Waals surface area contributed by atoms with E-state index in [1.165, 1.54) is 30.5 Å². The molecule has 0 saturated heterocycles. The number of nitrogens with zero attached hydrogens (tertiary/aromatic N) is 3. The number of rotatable bonds is 55. The van der Waals surface area contributed by atoms with Crippen molar-refractivity contribution in [2.75, 3.05) is 56.3 Å². The minimum atomic E-state index is -2.25. The van der Waals surface area contributed by atoms with Crippen LogP contribution in [-0.4, -0.2) is 361 Å². The number of aliphatic carboxylic acids is 4. The van der Waals surface area contributed by atoms with Crippen molar-refractivity contribution in [1.82, 2.24) is 73.1 Å². The highest BCUT2D eigenvalue weighted by Gasteiger charge is 2.38. The molecule has 0 saturated carbocycles. The van der Waals surface area contributed by atoms with Crippen LogP contribution in [0.2, 0.25) is 0 Å². The molecule has 116 heavy (non-hydrogen) atoms. The van der Waals surface area contributed by atoms with Crippen LogP contribution in [0.3, 0.4) is 0 Å². The fourth-order valence-electron chi connectivity index (χ4n) is 10.3. The lowest BCUT2D eigenvalue weighted by molar-refractivity contribution is -0.142. The summed E-state index contributed by atoms with van der Waals surface area (Å²) in [5, 5.41) is 212. The van der Waals surface area contributed by atoms with Gasteiger partial charge in [-0.3, -0.25) is 67.3 Å². The summed E-state index contributed by atoms with van der Waals surface area (Å²) in [4.78, 5) is 214. The van der Waals surface area contributed by atoms with E-state index in [0.717, 1.165) is 0 Å². The summed E-state index contributed by atoms with van der Waals surface area (Å²) in [6.45, 7) is -5.97. The SMILES string of the molecule is Nc1nc2ncc(CNc3ccc(C(=O)N[C@@H](CCC(=O)N[C@@H](CCC(=O)NC[C@H](O)[C@@H](O)[C@H](O)C(O)CO)C(=O)N[C@H](CCC(=O)O)C(=O)N[C@@H](CCC(=O)NC[C@H](O)[C@@H](O)[C@H](O)[C@H](O)CO)C(=O)N[C@H](CCC(=O)O)C(=O)N[C@@H](CCC(=O)NC[C@H](O)[C@@H](O)[C@H](O)C(O)CO)C(=O)N[C@H](CS)C(=O)O)C(=O)O)cc3)nc2c(=O)[nH]1. The first kappa shape index (κ1) is 99.6. The Morgan fingerprint density at radius 2 is 0.741 bits per heavy atom. The number of benzene rings is 1. The van der Waals surface area contributed by atoms with Gasteiger partial charge in [-0.25, -0.2) is 19.6 Å².